The van der Waals surface area contributed by atoms with E-state index in [2.05, 4.69) is 4.72 Å². The average molecular weight is 383 g/mol. The van der Waals surface area contributed by atoms with Crippen LogP contribution in [0.15, 0.2) is 18.2 Å². The number of nitrogens with one attached hydrogen (secondary N) is 1. The molecule has 0 spiro atoms. The van der Waals surface area contributed by atoms with Gasteiger partial charge in [-0.25, -0.2) is 8.42 Å². The summed E-state index contributed by atoms with van der Waals surface area (Å²) in [7, 11) is -3.44. The SMILES string of the molecule is CC(C)CN1C(=O)C(C)(C)COc2ccc(NS(=O)(=O)CC(C)C)cc21. The zero-order chi connectivity index (χ0) is 19.7. The van der Waals surface area contributed by atoms with Crippen LogP contribution in [-0.2, 0) is 14.8 Å². The third-order valence-electron chi connectivity index (χ3n) is 4.04. The van der Waals surface area contributed by atoms with Crippen LogP contribution in [0.3, 0.4) is 0 Å². The number of anilines is 2. The first-order valence-electron chi connectivity index (χ1n) is 9.00. The Kier molecular flexibility index (Phi) is 5.90. The molecular formula is C19H30N2O4S. The first kappa shape index (κ1) is 20.6. The first-order chi connectivity index (χ1) is 11.9. The van der Waals surface area contributed by atoms with E-state index in [9.17, 15) is 13.2 Å². The summed E-state index contributed by atoms with van der Waals surface area (Å²) in [5, 5.41) is 0. The Hall–Kier alpha value is -1.76. The second-order valence-electron chi connectivity index (χ2n) is 8.44. The van der Waals surface area contributed by atoms with Gasteiger partial charge in [-0.3, -0.25) is 9.52 Å². The van der Waals surface area contributed by atoms with Gasteiger partial charge in [0.15, 0.2) is 0 Å². The minimum atomic E-state index is -3.44. The Morgan fingerprint density at radius 1 is 1.19 bits per heavy atom. The lowest BCUT2D eigenvalue weighted by Gasteiger charge is -2.29. The quantitative estimate of drug-likeness (QED) is 0.817. The number of rotatable bonds is 6. The Balaban J connectivity index is 2.43. The second kappa shape index (κ2) is 7.47. The van der Waals surface area contributed by atoms with Crippen molar-refractivity contribution < 1.29 is 17.9 Å². The predicted octanol–water partition coefficient (Wildman–Crippen LogP) is 3.49. The molecule has 0 atom stereocenters. The molecule has 0 fully saturated rings. The van der Waals surface area contributed by atoms with Gasteiger partial charge < -0.3 is 9.64 Å². The van der Waals surface area contributed by atoms with Crippen LogP contribution in [0.25, 0.3) is 0 Å². The number of fused-ring (bicyclic) bond motifs is 1. The van der Waals surface area contributed by atoms with Crippen LogP contribution in [0.2, 0.25) is 0 Å². The molecule has 6 nitrogen and oxygen atoms in total. The van der Waals surface area contributed by atoms with Crippen molar-refractivity contribution in [1.82, 2.24) is 0 Å². The largest absolute Gasteiger partial charge is 0.490 e. The molecule has 0 unspecified atom stereocenters. The van der Waals surface area contributed by atoms with Gasteiger partial charge in [-0.05, 0) is 43.9 Å². The Bertz CT molecular complexity index is 770. The second-order valence-corrected chi connectivity index (χ2v) is 10.2. The summed E-state index contributed by atoms with van der Waals surface area (Å²) in [5.41, 5.74) is 0.402. The molecule has 0 saturated carbocycles. The van der Waals surface area contributed by atoms with Gasteiger partial charge in [-0.15, -0.1) is 0 Å². The molecule has 146 valence electrons. The smallest absolute Gasteiger partial charge is 0.236 e. The molecule has 1 aliphatic rings. The molecule has 2 rings (SSSR count). The monoisotopic (exact) mass is 382 g/mol. The fourth-order valence-electron chi connectivity index (χ4n) is 2.91. The maximum absolute atomic E-state index is 13.0. The van der Waals surface area contributed by atoms with Gasteiger partial charge in [-0.1, -0.05) is 27.7 Å². The molecule has 0 saturated heterocycles. The van der Waals surface area contributed by atoms with Crippen molar-refractivity contribution in [3.63, 3.8) is 0 Å². The molecule has 1 aliphatic heterocycles. The van der Waals surface area contributed by atoms with Crippen molar-refractivity contribution in [3.8, 4) is 5.75 Å². The molecule has 0 radical (unpaired) electrons. The van der Waals surface area contributed by atoms with Crippen LogP contribution in [0.1, 0.15) is 41.5 Å². The van der Waals surface area contributed by atoms with Crippen molar-refractivity contribution in [1.29, 1.82) is 0 Å². The van der Waals surface area contributed by atoms with Crippen LogP contribution in [0.5, 0.6) is 5.75 Å². The van der Waals surface area contributed by atoms with Crippen molar-refractivity contribution >= 4 is 27.3 Å². The molecule has 7 heteroatoms. The summed E-state index contributed by atoms with van der Waals surface area (Å²) in [4.78, 5) is 14.7. The molecule has 1 heterocycles. The van der Waals surface area contributed by atoms with Crippen LogP contribution < -0.4 is 14.4 Å². The highest BCUT2D eigenvalue weighted by Crippen LogP contribution is 2.38. The van der Waals surface area contributed by atoms with E-state index in [1.807, 2.05) is 41.5 Å². The number of carbonyl (C=O) groups excluding carboxylic acids is 1. The first-order valence-corrected chi connectivity index (χ1v) is 10.7. The number of benzene rings is 1. The van der Waals surface area contributed by atoms with E-state index in [0.29, 0.717) is 23.7 Å². The van der Waals surface area contributed by atoms with Gasteiger partial charge in [0.2, 0.25) is 15.9 Å². The maximum atomic E-state index is 13.0. The fourth-order valence-corrected chi connectivity index (χ4v) is 4.36. The van der Waals surface area contributed by atoms with Gasteiger partial charge in [-0.2, -0.15) is 0 Å². The fraction of sp³-hybridized carbons (Fsp3) is 0.632. The van der Waals surface area contributed by atoms with Crippen LogP contribution in [-0.4, -0.2) is 33.2 Å². The number of sulfonamides is 1. The van der Waals surface area contributed by atoms with E-state index in [0.717, 1.165) is 0 Å². The lowest BCUT2D eigenvalue weighted by Crippen LogP contribution is -2.43. The third kappa shape index (κ3) is 4.90. The van der Waals surface area contributed by atoms with Crippen LogP contribution in [0.4, 0.5) is 11.4 Å². The normalized spacial score (nSPS) is 17.1. The van der Waals surface area contributed by atoms with E-state index in [-0.39, 0.29) is 30.1 Å². The lowest BCUT2D eigenvalue weighted by molar-refractivity contribution is -0.127. The molecule has 0 aromatic heterocycles. The molecule has 1 N–H and O–H groups in total. The van der Waals surface area contributed by atoms with E-state index < -0.39 is 15.4 Å². The average Bonchev–Trinajstić information content (AvgIpc) is 2.56. The molecule has 1 aromatic rings. The summed E-state index contributed by atoms with van der Waals surface area (Å²) in [5.74, 6) is 0.907. The summed E-state index contributed by atoms with van der Waals surface area (Å²) in [6.07, 6.45) is 0. The Morgan fingerprint density at radius 3 is 2.42 bits per heavy atom. The molecular weight excluding hydrogens is 352 g/mol. The molecule has 26 heavy (non-hydrogen) atoms. The van der Waals surface area contributed by atoms with Crippen molar-refractivity contribution in [2.24, 2.45) is 17.3 Å². The van der Waals surface area contributed by atoms with Crippen LogP contribution >= 0.6 is 0 Å². The minimum absolute atomic E-state index is 0.0212. The van der Waals surface area contributed by atoms with Gasteiger partial charge in [0.1, 0.15) is 12.4 Å². The highest BCUT2D eigenvalue weighted by Gasteiger charge is 2.38. The molecule has 1 amide bonds. The van der Waals surface area contributed by atoms with E-state index in [1.54, 1.807) is 23.1 Å². The maximum Gasteiger partial charge on any atom is 0.236 e. The third-order valence-corrected chi connectivity index (χ3v) is 5.69. The van der Waals surface area contributed by atoms with Gasteiger partial charge >= 0.3 is 0 Å². The summed E-state index contributed by atoms with van der Waals surface area (Å²) in [6, 6.07) is 5.09. The van der Waals surface area contributed by atoms with Gasteiger partial charge in [0.25, 0.3) is 0 Å². The number of nitrogens with zero attached hydrogens (tertiary/aromatic N) is 1. The standard InChI is InChI=1S/C19H30N2O4S/c1-13(2)10-21-16-9-15(20-26(23,24)11-14(3)4)7-8-17(16)25-12-19(5,6)18(21)22/h7-9,13-14,20H,10-12H2,1-6H3. The van der Waals surface area contributed by atoms with E-state index in [1.165, 1.54) is 0 Å². The molecule has 1 aromatic carbocycles. The summed E-state index contributed by atoms with van der Waals surface area (Å²) in [6.45, 7) is 12.3. The topological polar surface area (TPSA) is 75.7 Å². The summed E-state index contributed by atoms with van der Waals surface area (Å²) < 4.78 is 33.0. The predicted molar refractivity (Wildman–Crippen MR) is 105 cm³/mol. The Morgan fingerprint density at radius 2 is 1.85 bits per heavy atom. The van der Waals surface area contributed by atoms with E-state index >= 15 is 0 Å². The van der Waals surface area contributed by atoms with E-state index in [4.69, 9.17) is 4.74 Å². The number of amides is 1. The number of carbonyl (C=O) groups is 1. The molecule has 0 bridgehead atoms. The molecule has 0 aliphatic carbocycles. The summed E-state index contributed by atoms with van der Waals surface area (Å²) >= 11 is 0. The zero-order valence-electron chi connectivity index (χ0n) is 16.5. The highest BCUT2D eigenvalue weighted by molar-refractivity contribution is 7.92. The van der Waals surface area contributed by atoms with Crippen molar-refractivity contribution in [2.45, 2.75) is 41.5 Å². The Labute approximate surface area is 157 Å². The van der Waals surface area contributed by atoms with Crippen LogP contribution in [0, 0.1) is 17.3 Å². The lowest BCUT2D eigenvalue weighted by atomic mass is 9.92. The highest BCUT2D eigenvalue weighted by atomic mass is 32.2. The van der Waals surface area contributed by atoms with Crippen molar-refractivity contribution in [3.05, 3.63) is 18.2 Å². The number of ether oxygens (including phenoxy) is 1. The zero-order valence-corrected chi connectivity index (χ0v) is 17.3. The minimum Gasteiger partial charge on any atom is -0.490 e. The van der Waals surface area contributed by atoms with Gasteiger partial charge in [0, 0.05) is 6.54 Å². The number of hydrogen-bond acceptors (Lipinski definition) is 4. The van der Waals surface area contributed by atoms with Gasteiger partial charge in [0.05, 0.1) is 22.5 Å². The number of hydrogen-bond donors (Lipinski definition) is 1. The van der Waals surface area contributed by atoms with Crippen molar-refractivity contribution in [2.75, 3.05) is 28.5 Å².